The third-order valence-electron chi connectivity index (χ3n) is 3.38. The molecule has 2 aliphatic carbocycles. The van der Waals surface area contributed by atoms with Gasteiger partial charge in [-0.05, 0) is 23.6 Å². The van der Waals surface area contributed by atoms with Gasteiger partial charge in [0.1, 0.15) is 0 Å². The Hall–Kier alpha value is -2.06. The van der Waals surface area contributed by atoms with Gasteiger partial charge in [0.15, 0.2) is 0 Å². The molecule has 2 nitrogen and oxygen atoms in total. The Morgan fingerprint density at radius 1 is 1.20 bits per heavy atom. The molecule has 0 N–H and O–H groups in total. The highest BCUT2D eigenvalue weighted by atomic mass is 14.4. The van der Waals surface area contributed by atoms with Crippen LogP contribution in [0.5, 0.6) is 0 Å². The van der Waals surface area contributed by atoms with E-state index in [4.69, 9.17) is 10.5 Å². The Bertz CT molecular complexity index is 555. The number of hydrogen-bond acceptors (Lipinski definition) is 2. The van der Waals surface area contributed by atoms with Gasteiger partial charge in [0.05, 0.1) is 17.7 Å². The highest BCUT2D eigenvalue weighted by Gasteiger charge is 2.39. The highest BCUT2D eigenvalue weighted by Crippen LogP contribution is 2.52. The summed E-state index contributed by atoms with van der Waals surface area (Å²) >= 11 is 0. The first-order valence-corrected chi connectivity index (χ1v) is 5.00. The maximum Gasteiger partial charge on any atom is 0.0994 e. The van der Waals surface area contributed by atoms with Crippen molar-refractivity contribution in [3.8, 4) is 12.1 Å². The van der Waals surface area contributed by atoms with Crippen molar-refractivity contribution in [2.75, 3.05) is 0 Å². The minimum absolute atomic E-state index is 0.253. The number of rotatable bonds is 0. The number of benzene rings is 1. The molecule has 0 heterocycles. The fraction of sp³-hybridized carbons (Fsp3) is 0.231. The van der Waals surface area contributed by atoms with E-state index in [1.165, 1.54) is 5.56 Å². The van der Waals surface area contributed by atoms with E-state index < -0.39 is 0 Å². The van der Waals surface area contributed by atoms with Crippen LogP contribution in [-0.4, -0.2) is 0 Å². The van der Waals surface area contributed by atoms with Gasteiger partial charge >= 0.3 is 0 Å². The number of allylic oxidation sites excluding steroid dienone is 2. The molecule has 1 aromatic carbocycles. The van der Waals surface area contributed by atoms with E-state index >= 15 is 0 Å². The third-order valence-corrected chi connectivity index (χ3v) is 3.38. The van der Waals surface area contributed by atoms with Crippen LogP contribution in [0.3, 0.4) is 0 Å². The largest absolute Gasteiger partial charge is 0.193 e. The van der Waals surface area contributed by atoms with Crippen molar-refractivity contribution in [2.45, 2.75) is 18.3 Å². The van der Waals surface area contributed by atoms with Crippen LogP contribution in [0.2, 0.25) is 0 Å². The van der Waals surface area contributed by atoms with E-state index in [-0.39, 0.29) is 5.92 Å². The molecule has 2 heteroatoms. The van der Waals surface area contributed by atoms with Crippen molar-refractivity contribution in [3.05, 3.63) is 46.5 Å². The molecule has 0 saturated carbocycles. The highest BCUT2D eigenvalue weighted by molar-refractivity contribution is 5.59. The number of fused-ring (bicyclic) bond motifs is 5. The molecule has 0 spiro atoms. The molecule has 1 aromatic rings. The normalized spacial score (nSPS) is 25.3. The number of hydrogen-bond donors (Lipinski definition) is 0. The van der Waals surface area contributed by atoms with Crippen LogP contribution in [0.4, 0.5) is 0 Å². The van der Waals surface area contributed by atoms with Gasteiger partial charge in [0.2, 0.25) is 0 Å². The molecule has 2 atom stereocenters. The number of nitrogens with zero attached hydrogens (tertiary/aromatic N) is 2. The van der Waals surface area contributed by atoms with E-state index in [1.807, 2.05) is 24.3 Å². The summed E-state index contributed by atoms with van der Waals surface area (Å²) in [5.74, 6) is 0.554. The van der Waals surface area contributed by atoms with Crippen LogP contribution in [0.25, 0.3) is 0 Å². The zero-order valence-electron chi connectivity index (χ0n) is 8.07. The molecular formula is C13H8N2. The summed E-state index contributed by atoms with van der Waals surface area (Å²) in [5.41, 5.74) is 4.00. The lowest BCUT2D eigenvalue weighted by Gasteiger charge is -2.13. The predicted molar refractivity (Wildman–Crippen MR) is 55.0 cm³/mol. The maximum absolute atomic E-state index is 9.02. The van der Waals surface area contributed by atoms with E-state index in [0.717, 1.165) is 23.1 Å². The molecule has 0 unspecified atom stereocenters. The zero-order chi connectivity index (χ0) is 10.4. The van der Waals surface area contributed by atoms with Crippen molar-refractivity contribution < 1.29 is 0 Å². The lowest BCUT2D eigenvalue weighted by atomic mass is 9.89. The Morgan fingerprint density at radius 2 is 2.07 bits per heavy atom. The molecule has 0 saturated heterocycles. The van der Waals surface area contributed by atoms with Crippen molar-refractivity contribution in [1.29, 1.82) is 10.5 Å². The first kappa shape index (κ1) is 8.26. The summed E-state index contributed by atoms with van der Waals surface area (Å²) in [6, 6.07) is 10.3. The van der Waals surface area contributed by atoms with Crippen molar-refractivity contribution in [1.82, 2.24) is 0 Å². The topological polar surface area (TPSA) is 47.6 Å². The second-order valence-electron chi connectivity index (χ2n) is 4.05. The maximum atomic E-state index is 9.02. The molecule has 2 bridgehead atoms. The van der Waals surface area contributed by atoms with Crippen molar-refractivity contribution in [3.63, 3.8) is 0 Å². The van der Waals surface area contributed by atoms with E-state index in [9.17, 15) is 0 Å². The van der Waals surface area contributed by atoms with Crippen LogP contribution in [0.1, 0.15) is 34.9 Å². The quantitative estimate of drug-likeness (QED) is 0.634. The molecule has 2 aliphatic rings. The Morgan fingerprint density at radius 3 is 2.80 bits per heavy atom. The van der Waals surface area contributed by atoms with Crippen LogP contribution in [0, 0.1) is 22.7 Å². The third kappa shape index (κ3) is 0.913. The van der Waals surface area contributed by atoms with Gasteiger partial charge in [-0.15, -0.1) is 0 Å². The second-order valence-corrected chi connectivity index (χ2v) is 4.05. The lowest BCUT2D eigenvalue weighted by Crippen LogP contribution is -2.00. The van der Waals surface area contributed by atoms with Gasteiger partial charge in [0.25, 0.3) is 0 Å². The fourth-order valence-electron chi connectivity index (χ4n) is 2.79. The molecule has 0 radical (unpaired) electrons. The Kier molecular flexibility index (Phi) is 1.50. The average Bonchev–Trinajstić information content (AvgIpc) is 2.86. The van der Waals surface area contributed by atoms with E-state index in [1.54, 1.807) is 0 Å². The summed E-state index contributed by atoms with van der Waals surface area (Å²) in [6.07, 6.45) is 3.00. The number of nitriles is 2. The van der Waals surface area contributed by atoms with Crippen LogP contribution in [-0.2, 0) is 0 Å². The van der Waals surface area contributed by atoms with Crippen LogP contribution >= 0.6 is 0 Å². The van der Waals surface area contributed by atoms with Gasteiger partial charge in [-0.1, -0.05) is 18.2 Å². The van der Waals surface area contributed by atoms with Gasteiger partial charge in [0, 0.05) is 17.4 Å². The Balaban J connectivity index is 2.23. The predicted octanol–water partition coefficient (Wildman–Crippen LogP) is 2.59. The summed E-state index contributed by atoms with van der Waals surface area (Å²) in [6.45, 7) is 0. The SMILES string of the molecule is N#CC1=C[C@@H]2C[C@H]1c1cccc(C#N)c12. The molecule has 0 fully saturated rings. The lowest BCUT2D eigenvalue weighted by molar-refractivity contribution is 0.793. The molecule has 3 rings (SSSR count). The van der Waals surface area contributed by atoms with Crippen molar-refractivity contribution >= 4 is 0 Å². The summed E-state index contributed by atoms with van der Waals surface area (Å²) < 4.78 is 0. The molecule has 70 valence electrons. The van der Waals surface area contributed by atoms with Gasteiger partial charge in [-0.3, -0.25) is 0 Å². The molecule has 0 aromatic heterocycles. The molecule has 0 aliphatic heterocycles. The molecule has 0 amide bonds. The average molecular weight is 192 g/mol. The standard InChI is InChI=1S/C13H8N2/c14-6-8-2-1-3-11-12-5-9(13(8)11)4-10(12)7-15/h1-4,9,12H,5H2/t9-,12-/m1/s1. The van der Waals surface area contributed by atoms with E-state index in [0.29, 0.717) is 5.92 Å². The van der Waals surface area contributed by atoms with Crippen molar-refractivity contribution in [2.24, 2.45) is 0 Å². The minimum Gasteiger partial charge on any atom is -0.193 e. The first-order valence-electron chi connectivity index (χ1n) is 5.00. The summed E-state index contributed by atoms with van der Waals surface area (Å²) in [5, 5.41) is 18.0. The van der Waals surface area contributed by atoms with Gasteiger partial charge in [-0.2, -0.15) is 10.5 Å². The van der Waals surface area contributed by atoms with Gasteiger partial charge in [-0.25, -0.2) is 0 Å². The van der Waals surface area contributed by atoms with E-state index in [2.05, 4.69) is 12.1 Å². The summed E-state index contributed by atoms with van der Waals surface area (Å²) in [7, 11) is 0. The smallest absolute Gasteiger partial charge is 0.0994 e. The fourth-order valence-corrected chi connectivity index (χ4v) is 2.79. The second kappa shape index (κ2) is 2.72. The van der Waals surface area contributed by atoms with Gasteiger partial charge < -0.3 is 0 Å². The van der Waals surface area contributed by atoms with Crippen LogP contribution in [0.15, 0.2) is 29.8 Å². The molecule has 15 heavy (non-hydrogen) atoms. The summed E-state index contributed by atoms with van der Waals surface area (Å²) in [4.78, 5) is 0. The zero-order valence-corrected chi connectivity index (χ0v) is 8.07. The van der Waals surface area contributed by atoms with Crippen LogP contribution < -0.4 is 0 Å². The monoisotopic (exact) mass is 192 g/mol. The molecular weight excluding hydrogens is 184 g/mol. The Labute approximate surface area is 88.1 Å². The first-order chi connectivity index (χ1) is 7.35. The minimum atomic E-state index is 0.253.